The molecule has 1 unspecified atom stereocenters. The molecule has 0 spiro atoms. The van der Waals surface area contributed by atoms with E-state index in [0.29, 0.717) is 50.3 Å². The zero-order valence-corrected chi connectivity index (χ0v) is 14.6. The lowest BCUT2D eigenvalue weighted by Gasteiger charge is -2.16. The molecule has 0 radical (unpaired) electrons. The van der Waals surface area contributed by atoms with E-state index in [1.165, 1.54) is 0 Å². The highest BCUT2D eigenvalue weighted by molar-refractivity contribution is 5.92. The number of rotatable bonds is 8. The van der Waals surface area contributed by atoms with E-state index >= 15 is 0 Å². The number of aromatic nitrogens is 4. The van der Waals surface area contributed by atoms with Crippen LogP contribution < -0.4 is 0 Å². The number of hydrogen-bond donors (Lipinski definition) is 0. The third-order valence-electron chi connectivity index (χ3n) is 4.22. The summed E-state index contributed by atoms with van der Waals surface area (Å²) in [6.45, 7) is 5.15. The minimum atomic E-state index is -0.00605. The highest BCUT2D eigenvalue weighted by atomic mass is 16.5. The number of nitrogens with zero attached hydrogens (tertiary/aromatic N) is 5. The SMILES string of the molecule is CCn1nccc1C(=O)N1CCC(c2noc(COCCOC)n2)C1. The molecule has 0 bridgehead atoms. The van der Waals surface area contributed by atoms with Crippen molar-refractivity contribution in [3.8, 4) is 0 Å². The molecule has 0 saturated carbocycles. The normalized spacial score (nSPS) is 17.4. The first-order valence-electron chi connectivity index (χ1n) is 8.43. The van der Waals surface area contributed by atoms with Crippen LogP contribution in [0.1, 0.15) is 41.5 Å². The molecule has 1 amide bonds. The summed E-state index contributed by atoms with van der Waals surface area (Å²) in [6, 6.07) is 1.75. The van der Waals surface area contributed by atoms with Crippen molar-refractivity contribution in [1.82, 2.24) is 24.8 Å². The minimum Gasteiger partial charge on any atom is -0.382 e. The summed E-state index contributed by atoms with van der Waals surface area (Å²) < 4.78 is 17.2. The Morgan fingerprint density at radius 1 is 1.44 bits per heavy atom. The highest BCUT2D eigenvalue weighted by Crippen LogP contribution is 2.26. The van der Waals surface area contributed by atoms with E-state index in [1.807, 2.05) is 11.8 Å². The molecule has 3 rings (SSSR count). The zero-order chi connectivity index (χ0) is 17.6. The Labute approximate surface area is 145 Å². The molecule has 2 aromatic rings. The van der Waals surface area contributed by atoms with Crippen LogP contribution in [-0.2, 0) is 22.6 Å². The molecule has 9 heteroatoms. The van der Waals surface area contributed by atoms with Gasteiger partial charge in [-0.15, -0.1) is 0 Å². The van der Waals surface area contributed by atoms with E-state index in [9.17, 15) is 4.79 Å². The Morgan fingerprint density at radius 3 is 3.12 bits per heavy atom. The van der Waals surface area contributed by atoms with Gasteiger partial charge < -0.3 is 18.9 Å². The maximum absolute atomic E-state index is 12.6. The van der Waals surface area contributed by atoms with Crippen LogP contribution in [0.2, 0.25) is 0 Å². The molecule has 0 aliphatic carbocycles. The van der Waals surface area contributed by atoms with Crippen molar-refractivity contribution in [2.75, 3.05) is 33.4 Å². The molecule has 1 saturated heterocycles. The molecule has 2 aromatic heterocycles. The summed E-state index contributed by atoms with van der Waals surface area (Å²) in [5, 5.41) is 8.19. The molecule has 1 fully saturated rings. The van der Waals surface area contributed by atoms with Crippen LogP contribution in [0, 0.1) is 0 Å². The van der Waals surface area contributed by atoms with Gasteiger partial charge >= 0.3 is 0 Å². The van der Waals surface area contributed by atoms with Gasteiger partial charge in [0.2, 0.25) is 0 Å². The smallest absolute Gasteiger partial charge is 0.272 e. The van der Waals surface area contributed by atoms with Crippen molar-refractivity contribution < 1.29 is 18.8 Å². The standard InChI is InChI=1S/C16H23N5O4/c1-3-21-13(4-6-17-21)16(22)20-7-5-12(10-20)15-18-14(25-19-15)11-24-9-8-23-2/h4,6,12H,3,5,7-11H2,1-2H3. The van der Waals surface area contributed by atoms with Crippen molar-refractivity contribution in [2.45, 2.75) is 32.4 Å². The average Bonchev–Trinajstić information content (AvgIpc) is 3.37. The third-order valence-corrected chi connectivity index (χ3v) is 4.22. The van der Waals surface area contributed by atoms with Crippen LogP contribution in [0.15, 0.2) is 16.8 Å². The average molecular weight is 349 g/mol. The van der Waals surface area contributed by atoms with Crippen LogP contribution >= 0.6 is 0 Å². The maximum Gasteiger partial charge on any atom is 0.272 e. The van der Waals surface area contributed by atoms with Crippen LogP contribution in [0.3, 0.4) is 0 Å². The van der Waals surface area contributed by atoms with Crippen LogP contribution in [0.4, 0.5) is 0 Å². The maximum atomic E-state index is 12.6. The summed E-state index contributed by atoms with van der Waals surface area (Å²) in [5.41, 5.74) is 0.614. The molecular weight excluding hydrogens is 326 g/mol. The van der Waals surface area contributed by atoms with Crippen molar-refractivity contribution in [1.29, 1.82) is 0 Å². The molecule has 1 aliphatic rings. The van der Waals surface area contributed by atoms with E-state index in [2.05, 4.69) is 15.2 Å². The summed E-state index contributed by atoms with van der Waals surface area (Å²) >= 11 is 0. The second kappa shape index (κ2) is 8.21. The fourth-order valence-corrected chi connectivity index (χ4v) is 2.88. The number of amides is 1. The lowest BCUT2D eigenvalue weighted by atomic mass is 10.1. The summed E-state index contributed by atoms with van der Waals surface area (Å²) in [6.07, 6.45) is 2.47. The van der Waals surface area contributed by atoms with Gasteiger partial charge in [-0.2, -0.15) is 10.1 Å². The molecule has 136 valence electrons. The lowest BCUT2D eigenvalue weighted by Crippen LogP contribution is -2.30. The largest absolute Gasteiger partial charge is 0.382 e. The molecular formula is C16H23N5O4. The first kappa shape index (κ1) is 17.6. The van der Waals surface area contributed by atoms with Crippen molar-refractivity contribution in [3.63, 3.8) is 0 Å². The van der Waals surface area contributed by atoms with Crippen molar-refractivity contribution in [2.24, 2.45) is 0 Å². The summed E-state index contributed by atoms with van der Waals surface area (Å²) in [7, 11) is 1.62. The molecule has 1 atom stereocenters. The second-order valence-corrected chi connectivity index (χ2v) is 5.86. The molecule has 9 nitrogen and oxygen atoms in total. The van der Waals surface area contributed by atoms with Crippen molar-refractivity contribution >= 4 is 5.91 Å². The first-order chi connectivity index (χ1) is 12.2. The van der Waals surface area contributed by atoms with Crippen LogP contribution in [0.25, 0.3) is 0 Å². The minimum absolute atomic E-state index is 0.00605. The monoisotopic (exact) mass is 349 g/mol. The van der Waals surface area contributed by atoms with Crippen LogP contribution in [-0.4, -0.2) is 64.1 Å². The quantitative estimate of drug-likeness (QED) is 0.658. The Bertz CT molecular complexity index is 698. The topological polar surface area (TPSA) is 95.5 Å². The molecule has 3 heterocycles. The number of aryl methyl sites for hydroxylation is 1. The van der Waals surface area contributed by atoms with Gasteiger partial charge in [0.05, 0.1) is 13.2 Å². The van der Waals surface area contributed by atoms with Gasteiger partial charge in [-0.25, -0.2) is 0 Å². The summed E-state index contributed by atoms with van der Waals surface area (Å²) in [5.74, 6) is 1.15. The second-order valence-electron chi connectivity index (χ2n) is 5.86. The number of likely N-dealkylation sites (tertiary alicyclic amines) is 1. The van der Waals surface area contributed by atoms with Gasteiger partial charge in [0.1, 0.15) is 12.3 Å². The molecule has 0 N–H and O–H groups in total. The fourth-order valence-electron chi connectivity index (χ4n) is 2.88. The van der Waals surface area contributed by atoms with E-state index in [-0.39, 0.29) is 18.4 Å². The molecule has 25 heavy (non-hydrogen) atoms. The number of ether oxygens (including phenoxy) is 2. The third kappa shape index (κ3) is 4.05. The highest BCUT2D eigenvalue weighted by Gasteiger charge is 2.32. The van der Waals surface area contributed by atoms with Gasteiger partial charge in [0.25, 0.3) is 11.8 Å². The van der Waals surface area contributed by atoms with Gasteiger partial charge in [-0.1, -0.05) is 5.16 Å². The predicted octanol–water partition coefficient (Wildman–Crippen LogP) is 1.08. The van der Waals surface area contributed by atoms with Gasteiger partial charge in [-0.05, 0) is 19.4 Å². The Hall–Kier alpha value is -2.26. The number of carbonyl (C=O) groups excluding carboxylic acids is 1. The zero-order valence-electron chi connectivity index (χ0n) is 14.6. The Balaban J connectivity index is 1.56. The van der Waals surface area contributed by atoms with Crippen molar-refractivity contribution in [3.05, 3.63) is 29.7 Å². The lowest BCUT2D eigenvalue weighted by molar-refractivity contribution is 0.0494. The Kier molecular flexibility index (Phi) is 5.77. The number of carbonyl (C=O) groups is 1. The Morgan fingerprint density at radius 2 is 2.32 bits per heavy atom. The van der Waals surface area contributed by atoms with E-state index in [0.717, 1.165) is 6.42 Å². The van der Waals surface area contributed by atoms with Crippen LogP contribution in [0.5, 0.6) is 0 Å². The van der Waals surface area contributed by atoms with E-state index in [1.54, 1.807) is 24.1 Å². The predicted molar refractivity (Wildman–Crippen MR) is 87.0 cm³/mol. The van der Waals surface area contributed by atoms with E-state index < -0.39 is 0 Å². The molecule has 0 aromatic carbocycles. The number of methoxy groups -OCH3 is 1. The van der Waals surface area contributed by atoms with Gasteiger partial charge in [0.15, 0.2) is 5.82 Å². The first-order valence-corrected chi connectivity index (χ1v) is 8.43. The molecule has 1 aliphatic heterocycles. The van der Waals surface area contributed by atoms with Gasteiger partial charge in [-0.3, -0.25) is 9.48 Å². The fraction of sp³-hybridized carbons (Fsp3) is 0.625. The number of hydrogen-bond acceptors (Lipinski definition) is 7. The summed E-state index contributed by atoms with van der Waals surface area (Å²) in [4.78, 5) is 18.8. The van der Waals surface area contributed by atoms with E-state index in [4.69, 9.17) is 14.0 Å². The van der Waals surface area contributed by atoms with Gasteiger partial charge in [0, 0.05) is 38.9 Å².